The topological polar surface area (TPSA) is 69.7 Å². The first-order valence-electron chi connectivity index (χ1n) is 11.1. The number of hydrogen-bond acceptors (Lipinski definition) is 4. The Labute approximate surface area is 195 Å². The summed E-state index contributed by atoms with van der Waals surface area (Å²) < 4.78 is 27.4. The molecule has 172 valence electrons. The van der Waals surface area contributed by atoms with E-state index in [1.165, 1.54) is 4.31 Å². The van der Waals surface area contributed by atoms with Crippen LogP contribution in [0.15, 0.2) is 84.9 Å². The smallest absolute Gasteiger partial charge is 0.246 e. The van der Waals surface area contributed by atoms with E-state index in [4.69, 9.17) is 0 Å². The molecular weight excluding hydrogens is 434 g/mol. The maximum atomic E-state index is 13.3. The summed E-state index contributed by atoms with van der Waals surface area (Å²) in [6.45, 7) is 3.68. The van der Waals surface area contributed by atoms with Crippen molar-refractivity contribution in [1.29, 1.82) is 0 Å². The lowest BCUT2D eigenvalue weighted by Crippen LogP contribution is -2.51. The van der Waals surface area contributed by atoms with Crippen LogP contribution in [-0.2, 0) is 20.6 Å². The molecule has 0 bridgehead atoms. The summed E-state index contributed by atoms with van der Waals surface area (Å²) in [5.41, 5.74) is 3.54. The second kappa shape index (κ2) is 10.3. The van der Waals surface area contributed by atoms with Crippen molar-refractivity contribution >= 4 is 21.6 Å². The van der Waals surface area contributed by atoms with Crippen LogP contribution in [0.25, 0.3) is 0 Å². The van der Waals surface area contributed by atoms with E-state index < -0.39 is 16.1 Å². The van der Waals surface area contributed by atoms with E-state index >= 15 is 0 Å². The Morgan fingerprint density at radius 3 is 2.03 bits per heavy atom. The molecule has 6 nitrogen and oxygen atoms in total. The molecule has 1 aliphatic rings. The molecule has 1 unspecified atom stereocenters. The van der Waals surface area contributed by atoms with E-state index in [1.54, 1.807) is 0 Å². The maximum absolute atomic E-state index is 13.3. The molecule has 3 aromatic carbocycles. The molecule has 1 amide bonds. The van der Waals surface area contributed by atoms with Gasteiger partial charge < -0.3 is 5.32 Å². The van der Waals surface area contributed by atoms with Crippen LogP contribution in [0.3, 0.4) is 0 Å². The van der Waals surface area contributed by atoms with Crippen LogP contribution in [0.5, 0.6) is 0 Å². The van der Waals surface area contributed by atoms with Crippen LogP contribution >= 0.6 is 0 Å². The van der Waals surface area contributed by atoms with Gasteiger partial charge in [-0.2, -0.15) is 4.31 Å². The first-order valence-corrected chi connectivity index (χ1v) is 12.7. The van der Waals surface area contributed by atoms with Gasteiger partial charge in [0.2, 0.25) is 15.9 Å². The Morgan fingerprint density at radius 2 is 1.42 bits per heavy atom. The average molecular weight is 464 g/mol. The Kier molecular flexibility index (Phi) is 7.23. The minimum absolute atomic E-state index is 0.0101. The Morgan fingerprint density at radius 1 is 0.848 bits per heavy atom. The number of benzene rings is 3. The summed E-state index contributed by atoms with van der Waals surface area (Å²) in [5, 5.41) is 3.03. The van der Waals surface area contributed by atoms with Crippen molar-refractivity contribution in [1.82, 2.24) is 9.21 Å². The molecule has 1 fully saturated rings. The number of aryl methyl sites for hydroxylation is 1. The van der Waals surface area contributed by atoms with E-state index in [9.17, 15) is 13.2 Å². The highest BCUT2D eigenvalue weighted by molar-refractivity contribution is 7.88. The van der Waals surface area contributed by atoms with Gasteiger partial charge in [0.05, 0.1) is 5.75 Å². The highest BCUT2D eigenvalue weighted by Crippen LogP contribution is 2.25. The second-order valence-electron chi connectivity index (χ2n) is 8.35. The summed E-state index contributed by atoms with van der Waals surface area (Å²) in [5.74, 6) is -0.130. The molecule has 0 aliphatic carbocycles. The molecule has 1 aliphatic heterocycles. The molecule has 0 spiro atoms. The molecular formula is C26H29N3O3S. The van der Waals surface area contributed by atoms with Gasteiger partial charge in [0, 0.05) is 31.9 Å². The van der Waals surface area contributed by atoms with E-state index in [0.717, 1.165) is 22.4 Å². The zero-order valence-electron chi connectivity index (χ0n) is 18.7. The van der Waals surface area contributed by atoms with Crippen LogP contribution in [-0.4, -0.2) is 49.7 Å². The monoisotopic (exact) mass is 463 g/mol. The average Bonchev–Trinajstić information content (AvgIpc) is 2.82. The van der Waals surface area contributed by atoms with E-state index in [0.29, 0.717) is 26.2 Å². The Hall–Kier alpha value is -3.00. The Balaban J connectivity index is 1.47. The summed E-state index contributed by atoms with van der Waals surface area (Å²) in [6, 6.07) is 26.1. The number of sulfonamides is 1. The molecule has 1 atom stereocenters. The lowest BCUT2D eigenvalue weighted by molar-refractivity contribution is -0.122. The number of carbonyl (C=O) groups excluding carboxylic acids is 1. The normalized spacial score (nSPS) is 16.3. The van der Waals surface area contributed by atoms with Crippen LogP contribution in [0.4, 0.5) is 5.69 Å². The minimum Gasteiger partial charge on any atom is -0.324 e. The van der Waals surface area contributed by atoms with E-state index in [-0.39, 0.29) is 11.7 Å². The molecule has 7 heteroatoms. The number of carbonyl (C=O) groups is 1. The summed E-state index contributed by atoms with van der Waals surface area (Å²) in [4.78, 5) is 15.4. The first kappa shape index (κ1) is 23.2. The number of nitrogens with one attached hydrogen (secondary N) is 1. The van der Waals surface area contributed by atoms with Crippen molar-refractivity contribution < 1.29 is 13.2 Å². The van der Waals surface area contributed by atoms with Gasteiger partial charge in [-0.25, -0.2) is 8.42 Å². The van der Waals surface area contributed by atoms with Gasteiger partial charge in [0.1, 0.15) is 6.04 Å². The lowest BCUT2D eigenvalue weighted by atomic mass is 10.0. The quantitative estimate of drug-likeness (QED) is 0.578. The highest BCUT2D eigenvalue weighted by Gasteiger charge is 2.33. The van der Waals surface area contributed by atoms with Crippen molar-refractivity contribution in [2.75, 3.05) is 31.5 Å². The van der Waals surface area contributed by atoms with Crippen LogP contribution in [0.2, 0.25) is 0 Å². The zero-order chi connectivity index (χ0) is 23.3. The van der Waals surface area contributed by atoms with Gasteiger partial charge in [0.15, 0.2) is 0 Å². The van der Waals surface area contributed by atoms with E-state index in [1.807, 2.05) is 91.9 Å². The maximum Gasteiger partial charge on any atom is 0.246 e. The van der Waals surface area contributed by atoms with Crippen molar-refractivity contribution in [3.8, 4) is 0 Å². The van der Waals surface area contributed by atoms with Crippen molar-refractivity contribution in [3.05, 3.63) is 102 Å². The second-order valence-corrected chi connectivity index (χ2v) is 10.3. The molecule has 33 heavy (non-hydrogen) atoms. The van der Waals surface area contributed by atoms with Gasteiger partial charge >= 0.3 is 0 Å². The molecule has 4 rings (SSSR count). The third kappa shape index (κ3) is 5.87. The van der Waals surface area contributed by atoms with Crippen LogP contribution < -0.4 is 5.32 Å². The third-order valence-electron chi connectivity index (χ3n) is 5.91. The standard InChI is InChI=1S/C26H29N3O3S/c1-21-12-14-24(15-13-21)27-26(30)25(23-10-6-3-7-11-23)28-16-18-29(19-17-28)33(31,32)20-22-8-4-2-5-9-22/h2-15,25H,16-20H2,1H3,(H,27,30). The SMILES string of the molecule is Cc1ccc(NC(=O)C(c2ccccc2)N2CCN(S(=O)(=O)Cc3ccccc3)CC2)cc1. The lowest BCUT2D eigenvalue weighted by Gasteiger charge is -2.38. The predicted molar refractivity (Wildman–Crippen MR) is 131 cm³/mol. The largest absolute Gasteiger partial charge is 0.324 e. The van der Waals surface area contributed by atoms with Crippen molar-refractivity contribution in [2.45, 2.75) is 18.7 Å². The minimum atomic E-state index is -3.42. The zero-order valence-corrected chi connectivity index (χ0v) is 19.5. The van der Waals surface area contributed by atoms with Gasteiger partial charge in [-0.1, -0.05) is 78.4 Å². The number of piperazine rings is 1. The molecule has 1 N–H and O–H groups in total. The van der Waals surface area contributed by atoms with Gasteiger partial charge in [-0.15, -0.1) is 0 Å². The first-order chi connectivity index (χ1) is 15.9. The number of amides is 1. The van der Waals surface area contributed by atoms with Crippen LogP contribution in [0, 0.1) is 6.92 Å². The van der Waals surface area contributed by atoms with Gasteiger partial charge in [-0.3, -0.25) is 9.69 Å². The Bertz CT molecular complexity index is 1160. The van der Waals surface area contributed by atoms with Gasteiger partial charge in [0.25, 0.3) is 0 Å². The number of hydrogen-bond donors (Lipinski definition) is 1. The number of anilines is 1. The van der Waals surface area contributed by atoms with E-state index in [2.05, 4.69) is 10.2 Å². The molecule has 0 saturated carbocycles. The number of rotatable bonds is 7. The van der Waals surface area contributed by atoms with Crippen LogP contribution in [0.1, 0.15) is 22.7 Å². The number of nitrogens with zero attached hydrogens (tertiary/aromatic N) is 2. The molecule has 3 aromatic rings. The fourth-order valence-electron chi connectivity index (χ4n) is 4.13. The molecule has 0 aromatic heterocycles. The predicted octanol–water partition coefficient (Wildman–Crippen LogP) is 3.82. The summed E-state index contributed by atoms with van der Waals surface area (Å²) in [6.07, 6.45) is 0. The third-order valence-corrected chi connectivity index (χ3v) is 7.76. The highest BCUT2D eigenvalue weighted by atomic mass is 32.2. The summed E-state index contributed by atoms with van der Waals surface area (Å²) >= 11 is 0. The van der Waals surface area contributed by atoms with Gasteiger partial charge in [-0.05, 0) is 30.2 Å². The molecule has 1 saturated heterocycles. The van der Waals surface area contributed by atoms with Crippen molar-refractivity contribution in [2.24, 2.45) is 0 Å². The fourth-order valence-corrected chi connectivity index (χ4v) is 5.64. The molecule has 1 heterocycles. The summed E-state index contributed by atoms with van der Waals surface area (Å²) in [7, 11) is -3.42. The van der Waals surface area contributed by atoms with Crippen molar-refractivity contribution in [3.63, 3.8) is 0 Å². The molecule has 0 radical (unpaired) electrons. The fraction of sp³-hybridized carbons (Fsp3) is 0.269.